The van der Waals surface area contributed by atoms with Crippen LogP contribution >= 0.6 is 11.6 Å². The van der Waals surface area contributed by atoms with Crippen molar-refractivity contribution in [3.63, 3.8) is 0 Å². The molecule has 39 heavy (non-hydrogen) atoms. The van der Waals surface area contributed by atoms with Crippen molar-refractivity contribution in [3.8, 4) is 0 Å². The molecular weight excluding hydrogens is 529 g/mol. The third kappa shape index (κ3) is 8.63. The number of carbonyl (C=O) groups excluding carboxylic acids is 1. The highest BCUT2D eigenvalue weighted by Crippen LogP contribution is 2.36. The number of alkyl halides is 4. The van der Waals surface area contributed by atoms with E-state index in [1.54, 1.807) is 7.05 Å². The number of hydrogen-bond acceptors (Lipinski definition) is 6. The van der Waals surface area contributed by atoms with Gasteiger partial charge in [-0.05, 0) is 50.1 Å². The average Bonchev–Trinajstić information content (AvgIpc) is 2.90. The highest BCUT2D eigenvalue weighted by atomic mass is 35.5. The number of halogens is 4. The summed E-state index contributed by atoms with van der Waals surface area (Å²) in [4.78, 5) is 22.5. The van der Waals surface area contributed by atoms with Crippen molar-refractivity contribution >= 4 is 40.4 Å². The molecule has 1 aliphatic rings. The number of aryl methyl sites for hydroxylation is 1. The number of piperazine rings is 1. The summed E-state index contributed by atoms with van der Waals surface area (Å²) >= 11 is 6.11. The molecule has 1 aliphatic heterocycles. The molecular formula is C28H40ClF3N6O. The van der Waals surface area contributed by atoms with Crippen molar-refractivity contribution in [2.24, 2.45) is 0 Å². The quantitative estimate of drug-likeness (QED) is 0.248. The number of carbonyl (C=O) groups is 1. The van der Waals surface area contributed by atoms with Gasteiger partial charge in [-0.25, -0.2) is 4.98 Å². The molecule has 1 unspecified atom stereocenters. The summed E-state index contributed by atoms with van der Waals surface area (Å²) < 4.78 is 41.1. The normalized spacial score (nSPS) is 15.2. The summed E-state index contributed by atoms with van der Waals surface area (Å²) in [5, 5.41) is 5.53. The Bertz CT molecular complexity index is 1090. The fraction of sp³-hybridized carbons (Fsp3) is 0.571. The van der Waals surface area contributed by atoms with Crippen molar-refractivity contribution < 1.29 is 18.0 Å². The predicted molar refractivity (Wildman–Crippen MR) is 153 cm³/mol. The number of pyridine rings is 1. The standard InChI is InChI=1S/C28H40ClF3N6O/c1-5-8-23(29)27(39)37(4)12-7-11-33-25-18-26(34-19-22(25)28(30,31)32)35-24-10-9-21(17-20(24)6-2)38-15-13-36(3)14-16-38/h9-10,17-19,23H,5-8,11-16H2,1-4H3,(H2,33,34,35). The van der Waals surface area contributed by atoms with Gasteiger partial charge in [0.25, 0.3) is 0 Å². The highest BCUT2D eigenvalue weighted by molar-refractivity contribution is 6.30. The Morgan fingerprint density at radius 3 is 2.51 bits per heavy atom. The Kier molecular flexibility index (Phi) is 11.1. The Balaban J connectivity index is 1.69. The summed E-state index contributed by atoms with van der Waals surface area (Å²) in [5.74, 6) is 0.152. The molecule has 1 aromatic carbocycles. The summed E-state index contributed by atoms with van der Waals surface area (Å²) in [6, 6.07) is 7.54. The molecule has 1 amide bonds. The van der Waals surface area contributed by atoms with Crippen molar-refractivity contribution in [1.82, 2.24) is 14.8 Å². The molecule has 0 bridgehead atoms. The first kappa shape index (κ1) is 30.8. The van der Waals surface area contributed by atoms with Gasteiger partial charge in [-0.1, -0.05) is 20.3 Å². The fourth-order valence-electron chi connectivity index (χ4n) is 4.56. The summed E-state index contributed by atoms with van der Waals surface area (Å²) in [6.07, 6.45) is -1.08. The van der Waals surface area contributed by atoms with Crippen LogP contribution in [0.2, 0.25) is 0 Å². The van der Waals surface area contributed by atoms with Crippen LogP contribution in [0.4, 0.5) is 36.1 Å². The molecule has 0 aliphatic carbocycles. The van der Waals surface area contributed by atoms with Gasteiger partial charge in [0.2, 0.25) is 5.91 Å². The second-order valence-corrected chi connectivity index (χ2v) is 10.5. The van der Waals surface area contributed by atoms with Gasteiger partial charge in [0.15, 0.2) is 0 Å². The lowest BCUT2D eigenvalue weighted by atomic mass is 10.1. The Morgan fingerprint density at radius 1 is 1.15 bits per heavy atom. The molecule has 2 heterocycles. The van der Waals surface area contributed by atoms with Crippen LogP contribution in [0.15, 0.2) is 30.5 Å². The van der Waals surface area contributed by atoms with Gasteiger partial charge in [0.05, 0.1) is 11.3 Å². The first-order valence-electron chi connectivity index (χ1n) is 13.6. The van der Waals surface area contributed by atoms with E-state index in [1.807, 2.05) is 19.1 Å². The minimum absolute atomic E-state index is 0.0534. The molecule has 1 fully saturated rings. The van der Waals surface area contributed by atoms with Crippen LogP contribution in [-0.2, 0) is 17.4 Å². The second kappa shape index (κ2) is 14.1. The van der Waals surface area contributed by atoms with Gasteiger partial charge in [0, 0.05) is 70.0 Å². The van der Waals surface area contributed by atoms with Crippen LogP contribution < -0.4 is 15.5 Å². The molecule has 11 heteroatoms. The molecule has 0 spiro atoms. The minimum atomic E-state index is -4.55. The number of hydrogen-bond donors (Lipinski definition) is 2. The SMILES string of the molecule is CCCC(Cl)C(=O)N(C)CCCNc1cc(Nc2ccc(N3CCN(C)CC3)cc2CC)ncc1C(F)(F)F. The van der Waals surface area contributed by atoms with E-state index in [4.69, 9.17) is 11.6 Å². The Morgan fingerprint density at radius 2 is 1.87 bits per heavy atom. The van der Waals surface area contributed by atoms with Gasteiger partial charge in [-0.15, -0.1) is 11.6 Å². The minimum Gasteiger partial charge on any atom is -0.384 e. The van der Waals surface area contributed by atoms with Gasteiger partial charge in [0.1, 0.15) is 11.2 Å². The Labute approximate surface area is 234 Å². The molecule has 1 aromatic heterocycles. The van der Waals surface area contributed by atoms with Gasteiger partial charge in [-0.3, -0.25) is 4.79 Å². The van der Waals surface area contributed by atoms with Crippen molar-refractivity contribution in [2.75, 3.05) is 68.9 Å². The zero-order chi connectivity index (χ0) is 28.6. The topological polar surface area (TPSA) is 63.7 Å². The maximum absolute atomic E-state index is 13.7. The van der Waals surface area contributed by atoms with Gasteiger partial charge >= 0.3 is 6.18 Å². The number of anilines is 4. The van der Waals surface area contributed by atoms with E-state index in [1.165, 1.54) is 11.0 Å². The third-order valence-electron chi connectivity index (χ3n) is 6.98. The van der Waals surface area contributed by atoms with E-state index in [-0.39, 0.29) is 18.1 Å². The zero-order valence-corrected chi connectivity index (χ0v) is 24.0. The molecule has 216 valence electrons. The number of amides is 1. The van der Waals surface area contributed by atoms with Crippen molar-refractivity contribution in [2.45, 2.75) is 51.1 Å². The molecule has 3 rings (SSSR count). The lowest BCUT2D eigenvalue weighted by Crippen LogP contribution is -2.44. The molecule has 2 N–H and O–H groups in total. The number of benzene rings is 1. The summed E-state index contributed by atoms with van der Waals surface area (Å²) in [7, 11) is 3.77. The van der Waals surface area contributed by atoms with E-state index in [0.29, 0.717) is 25.2 Å². The predicted octanol–water partition coefficient (Wildman–Crippen LogP) is 5.83. The highest BCUT2D eigenvalue weighted by Gasteiger charge is 2.34. The average molecular weight is 569 g/mol. The number of nitrogens with one attached hydrogen (secondary N) is 2. The van der Waals surface area contributed by atoms with Gasteiger partial charge in [-0.2, -0.15) is 13.2 Å². The fourth-order valence-corrected chi connectivity index (χ4v) is 4.94. The summed E-state index contributed by atoms with van der Waals surface area (Å²) in [6.45, 7) is 8.57. The maximum Gasteiger partial charge on any atom is 0.419 e. The molecule has 2 aromatic rings. The number of likely N-dealkylation sites (N-methyl/N-ethyl adjacent to an activating group) is 1. The zero-order valence-electron chi connectivity index (χ0n) is 23.2. The monoisotopic (exact) mass is 568 g/mol. The molecule has 1 atom stereocenters. The van der Waals surface area contributed by atoms with Crippen LogP contribution in [0, 0.1) is 0 Å². The van der Waals surface area contributed by atoms with E-state index in [2.05, 4.69) is 45.5 Å². The van der Waals surface area contributed by atoms with Crippen LogP contribution in [0.3, 0.4) is 0 Å². The first-order valence-corrected chi connectivity index (χ1v) is 14.0. The van der Waals surface area contributed by atoms with Gasteiger partial charge < -0.3 is 25.3 Å². The first-order chi connectivity index (χ1) is 18.5. The second-order valence-electron chi connectivity index (χ2n) is 10.0. The van der Waals surface area contributed by atoms with Crippen LogP contribution in [0.5, 0.6) is 0 Å². The lowest BCUT2D eigenvalue weighted by Gasteiger charge is -2.34. The van der Waals surface area contributed by atoms with Crippen LogP contribution in [-0.4, -0.2) is 79.4 Å². The largest absolute Gasteiger partial charge is 0.419 e. The maximum atomic E-state index is 13.7. The molecule has 0 saturated carbocycles. The van der Waals surface area contributed by atoms with Crippen LogP contribution in [0.25, 0.3) is 0 Å². The van der Waals surface area contributed by atoms with E-state index in [9.17, 15) is 18.0 Å². The molecule has 0 radical (unpaired) electrons. The smallest absolute Gasteiger partial charge is 0.384 e. The van der Waals surface area contributed by atoms with Crippen molar-refractivity contribution in [3.05, 3.63) is 41.6 Å². The van der Waals surface area contributed by atoms with Crippen LogP contribution in [0.1, 0.15) is 44.2 Å². The Hall–Kier alpha value is -2.72. The molecule has 1 saturated heterocycles. The summed E-state index contributed by atoms with van der Waals surface area (Å²) in [5.41, 5.74) is 2.14. The van der Waals surface area contributed by atoms with E-state index < -0.39 is 17.1 Å². The third-order valence-corrected chi connectivity index (χ3v) is 7.39. The molecule has 7 nitrogen and oxygen atoms in total. The number of aromatic nitrogens is 1. The lowest BCUT2D eigenvalue weighted by molar-refractivity contribution is -0.137. The number of nitrogens with zero attached hydrogens (tertiary/aromatic N) is 4. The number of rotatable bonds is 12. The van der Waals surface area contributed by atoms with E-state index >= 15 is 0 Å². The van der Waals surface area contributed by atoms with E-state index in [0.717, 1.165) is 62.2 Å². The van der Waals surface area contributed by atoms with Crippen molar-refractivity contribution in [1.29, 1.82) is 0 Å².